The Morgan fingerprint density at radius 2 is 1.35 bits per heavy atom. The minimum Gasteiger partial charge on any atom is -0.433 e. The van der Waals surface area contributed by atoms with E-state index >= 15 is 0 Å². The lowest BCUT2D eigenvalue weighted by Gasteiger charge is -2.35. The second-order valence-corrected chi connectivity index (χ2v) is 3.75. The Labute approximate surface area is 113 Å². The molecular formula is C10H16O10. The van der Waals surface area contributed by atoms with E-state index in [1.54, 1.807) is 0 Å². The Morgan fingerprint density at radius 1 is 0.900 bits per heavy atom. The van der Waals surface area contributed by atoms with Crippen molar-refractivity contribution >= 4 is 17.9 Å². The molecule has 0 heterocycles. The molecule has 10 nitrogen and oxygen atoms in total. The Morgan fingerprint density at radius 3 is 1.70 bits per heavy atom. The maximum Gasteiger partial charge on any atom is 0.306 e. The monoisotopic (exact) mass is 296 g/mol. The van der Waals surface area contributed by atoms with Gasteiger partial charge in [0.15, 0.2) is 6.10 Å². The van der Waals surface area contributed by atoms with Gasteiger partial charge in [0.05, 0.1) is 0 Å². The third-order valence-corrected chi connectivity index (χ3v) is 1.92. The summed E-state index contributed by atoms with van der Waals surface area (Å²) in [6.07, 6.45) is -7.36. The molecule has 0 fully saturated rings. The van der Waals surface area contributed by atoms with E-state index in [0.717, 1.165) is 20.8 Å². The molecule has 4 atom stereocenters. The summed E-state index contributed by atoms with van der Waals surface area (Å²) in [5, 5.41) is 38.3. The summed E-state index contributed by atoms with van der Waals surface area (Å²) in [7, 11) is 0. The van der Waals surface area contributed by atoms with Crippen molar-refractivity contribution in [2.45, 2.75) is 45.2 Å². The molecule has 4 N–H and O–H groups in total. The third-order valence-electron chi connectivity index (χ3n) is 1.92. The molecule has 10 heteroatoms. The highest BCUT2D eigenvalue weighted by Crippen LogP contribution is 2.23. The fourth-order valence-corrected chi connectivity index (χ4v) is 1.17. The molecule has 0 unspecified atom stereocenters. The Balaban J connectivity index is 5.24. The molecule has 0 aliphatic rings. The number of aliphatic hydroxyl groups is 4. The van der Waals surface area contributed by atoms with Crippen molar-refractivity contribution in [3.8, 4) is 0 Å². The zero-order valence-electron chi connectivity index (χ0n) is 11.0. The summed E-state index contributed by atoms with van der Waals surface area (Å²) in [6.45, 7) is 2.58. The highest BCUT2D eigenvalue weighted by atomic mass is 16.7. The molecule has 116 valence electrons. The van der Waals surface area contributed by atoms with Gasteiger partial charge >= 0.3 is 23.7 Å². The molecule has 0 aromatic heterocycles. The molecule has 0 spiro atoms. The van der Waals surface area contributed by atoms with E-state index in [-0.39, 0.29) is 0 Å². The van der Waals surface area contributed by atoms with E-state index in [2.05, 4.69) is 14.2 Å². The van der Waals surface area contributed by atoms with Gasteiger partial charge < -0.3 is 34.6 Å². The van der Waals surface area contributed by atoms with Crippen LogP contribution in [-0.2, 0) is 28.6 Å². The number of hydrogen-bond donors (Lipinski definition) is 4. The summed E-state index contributed by atoms with van der Waals surface area (Å²) in [6, 6.07) is 0. The number of rotatable bonds is 6. The fourth-order valence-electron chi connectivity index (χ4n) is 1.17. The average molecular weight is 296 g/mol. The first kappa shape index (κ1) is 18.2. The number of ether oxygens (including phenoxy) is 3. The number of carbonyl (C=O) groups is 3. The van der Waals surface area contributed by atoms with Gasteiger partial charge in [-0.1, -0.05) is 0 Å². The lowest BCUT2D eigenvalue weighted by molar-refractivity contribution is -0.356. The van der Waals surface area contributed by atoms with Gasteiger partial charge in [-0.25, -0.2) is 0 Å². The van der Waals surface area contributed by atoms with Crippen LogP contribution in [0.5, 0.6) is 0 Å². The van der Waals surface area contributed by atoms with E-state index in [1.165, 1.54) is 0 Å². The SMILES string of the molecule is CC(=O)O[C@@H](O)[C@H](O)[C@@](O)(OC(C)=O)[C@@H](O)OC(C)=O. The van der Waals surface area contributed by atoms with Crippen molar-refractivity contribution in [2.24, 2.45) is 0 Å². The Hall–Kier alpha value is -1.75. The molecule has 0 aliphatic carbocycles. The maximum atomic E-state index is 10.9. The van der Waals surface area contributed by atoms with Gasteiger partial charge in [-0.3, -0.25) is 14.4 Å². The van der Waals surface area contributed by atoms with Gasteiger partial charge in [-0.15, -0.1) is 0 Å². The van der Waals surface area contributed by atoms with Gasteiger partial charge in [-0.2, -0.15) is 0 Å². The topological polar surface area (TPSA) is 160 Å². The van der Waals surface area contributed by atoms with Gasteiger partial charge in [-0.05, 0) is 0 Å². The van der Waals surface area contributed by atoms with Crippen molar-refractivity contribution in [3.05, 3.63) is 0 Å². The molecule has 0 saturated carbocycles. The molecule has 0 amide bonds. The van der Waals surface area contributed by atoms with Crippen LogP contribution in [0.3, 0.4) is 0 Å². The average Bonchev–Trinajstić information content (AvgIpc) is 2.24. The van der Waals surface area contributed by atoms with E-state index in [0.29, 0.717) is 0 Å². The zero-order chi connectivity index (χ0) is 16.1. The second-order valence-electron chi connectivity index (χ2n) is 3.75. The van der Waals surface area contributed by atoms with Crippen molar-refractivity contribution in [2.75, 3.05) is 0 Å². The van der Waals surface area contributed by atoms with Crippen LogP contribution < -0.4 is 0 Å². The Bertz CT molecular complexity index is 380. The normalized spacial score (nSPS) is 18.1. The van der Waals surface area contributed by atoms with Crippen molar-refractivity contribution < 1.29 is 49.0 Å². The van der Waals surface area contributed by atoms with Gasteiger partial charge in [0.1, 0.15) is 0 Å². The smallest absolute Gasteiger partial charge is 0.306 e. The standard InChI is InChI=1S/C10H16O10/c1-4(11)18-8(15)7(14)10(17,20-6(3)13)9(16)19-5(2)12/h7-9,14-17H,1-3H3/t7-,8+,9-,10+/m0/s1. The highest BCUT2D eigenvalue weighted by molar-refractivity contribution is 5.67. The Kier molecular flexibility index (Phi) is 6.52. The molecular weight excluding hydrogens is 280 g/mol. The number of aliphatic hydroxyl groups excluding tert-OH is 3. The first-order chi connectivity index (χ1) is 9.00. The van der Waals surface area contributed by atoms with Crippen LogP contribution >= 0.6 is 0 Å². The highest BCUT2D eigenvalue weighted by Gasteiger charge is 2.53. The maximum absolute atomic E-state index is 10.9. The minimum absolute atomic E-state index is 0.816. The molecule has 0 aromatic carbocycles. The van der Waals surface area contributed by atoms with Crippen molar-refractivity contribution in [1.29, 1.82) is 0 Å². The molecule has 0 aliphatic heterocycles. The lowest BCUT2D eigenvalue weighted by atomic mass is 10.1. The van der Waals surface area contributed by atoms with Crippen molar-refractivity contribution in [3.63, 3.8) is 0 Å². The van der Waals surface area contributed by atoms with E-state index < -0.39 is 42.4 Å². The molecule has 0 aromatic rings. The van der Waals surface area contributed by atoms with Crippen LogP contribution in [0.4, 0.5) is 0 Å². The molecule has 0 rings (SSSR count). The van der Waals surface area contributed by atoms with Gasteiger partial charge in [0.25, 0.3) is 6.29 Å². The largest absolute Gasteiger partial charge is 0.433 e. The lowest BCUT2D eigenvalue weighted by Crippen LogP contribution is -2.60. The molecule has 0 radical (unpaired) electrons. The summed E-state index contributed by atoms with van der Waals surface area (Å²) < 4.78 is 12.6. The quantitative estimate of drug-likeness (QED) is 0.232. The van der Waals surface area contributed by atoms with Crippen LogP contribution in [-0.4, -0.2) is 62.8 Å². The summed E-state index contributed by atoms with van der Waals surface area (Å²) in [4.78, 5) is 32.2. The number of hydrogen-bond acceptors (Lipinski definition) is 10. The van der Waals surface area contributed by atoms with Gasteiger partial charge in [0.2, 0.25) is 6.29 Å². The first-order valence-corrected chi connectivity index (χ1v) is 5.31. The van der Waals surface area contributed by atoms with Gasteiger partial charge in [0, 0.05) is 20.8 Å². The van der Waals surface area contributed by atoms with E-state index in [1.807, 2.05) is 0 Å². The van der Waals surface area contributed by atoms with Crippen LogP contribution in [0.15, 0.2) is 0 Å². The van der Waals surface area contributed by atoms with Crippen LogP contribution in [0.2, 0.25) is 0 Å². The predicted octanol–water partition coefficient (Wildman–Crippen LogP) is -2.64. The number of esters is 3. The zero-order valence-corrected chi connectivity index (χ0v) is 11.0. The van der Waals surface area contributed by atoms with Crippen LogP contribution in [0, 0.1) is 0 Å². The van der Waals surface area contributed by atoms with E-state index in [4.69, 9.17) is 0 Å². The predicted molar refractivity (Wildman–Crippen MR) is 58.3 cm³/mol. The van der Waals surface area contributed by atoms with Crippen LogP contribution in [0.25, 0.3) is 0 Å². The molecule has 0 saturated heterocycles. The first-order valence-electron chi connectivity index (χ1n) is 5.31. The minimum atomic E-state index is -3.23. The van der Waals surface area contributed by atoms with Crippen molar-refractivity contribution in [1.82, 2.24) is 0 Å². The van der Waals surface area contributed by atoms with Crippen LogP contribution in [0.1, 0.15) is 20.8 Å². The summed E-state index contributed by atoms with van der Waals surface area (Å²) in [5.41, 5.74) is 0. The second kappa shape index (κ2) is 7.14. The third kappa shape index (κ3) is 5.09. The molecule has 0 bridgehead atoms. The van der Waals surface area contributed by atoms with E-state index in [9.17, 15) is 34.8 Å². The fraction of sp³-hybridized carbons (Fsp3) is 0.700. The molecule has 20 heavy (non-hydrogen) atoms. The summed E-state index contributed by atoms with van der Waals surface area (Å²) >= 11 is 0. The summed E-state index contributed by atoms with van der Waals surface area (Å²) in [5.74, 6) is -6.50. The number of carbonyl (C=O) groups excluding carboxylic acids is 3.